The predicted octanol–water partition coefficient (Wildman–Crippen LogP) is -0.365. The van der Waals surface area contributed by atoms with E-state index >= 15 is 0 Å². The maximum Gasteiger partial charge on any atom is 0.303 e. The Morgan fingerprint density at radius 2 is 1.38 bits per heavy atom. The molecule has 0 aromatic heterocycles. The van der Waals surface area contributed by atoms with Crippen molar-refractivity contribution in [3.63, 3.8) is 0 Å². The first-order valence-electron chi connectivity index (χ1n) is 8.83. The Kier molecular flexibility index (Phi) is 10.3. The highest BCUT2D eigenvalue weighted by atomic mass is 16.7. The summed E-state index contributed by atoms with van der Waals surface area (Å²) in [6.07, 6.45) is -3.16. The van der Waals surface area contributed by atoms with Crippen molar-refractivity contribution in [2.24, 2.45) is 0 Å². The number of hydrogen-bond donors (Lipinski definition) is 1. The minimum atomic E-state index is -1.28. The maximum absolute atomic E-state index is 11.6. The molecule has 11 heteroatoms. The van der Waals surface area contributed by atoms with E-state index in [9.17, 15) is 19.2 Å². The summed E-state index contributed by atoms with van der Waals surface area (Å²) >= 11 is 0. The van der Waals surface area contributed by atoms with Gasteiger partial charge < -0.3 is 33.5 Å². The Balaban J connectivity index is 3.22. The molecule has 1 N–H and O–H groups in total. The van der Waals surface area contributed by atoms with Gasteiger partial charge in [-0.05, 0) is 0 Å². The zero-order chi connectivity index (χ0) is 22.0. The van der Waals surface area contributed by atoms with E-state index in [1.54, 1.807) is 0 Å². The zero-order valence-electron chi connectivity index (χ0n) is 16.7. The summed E-state index contributed by atoms with van der Waals surface area (Å²) in [4.78, 5) is 46.0. The van der Waals surface area contributed by atoms with Gasteiger partial charge in [0, 0.05) is 27.7 Å². The van der Waals surface area contributed by atoms with Crippen molar-refractivity contribution in [1.82, 2.24) is 0 Å². The number of esters is 4. The number of hydrogen-bond acceptors (Lipinski definition) is 11. The Labute approximate surface area is 167 Å². The van der Waals surface area contributed by atoms with E-state index in [2.05, 4.69) is 0 Å². The first-order chi connectivity index (χ1) is 13.6. The summed E-state index contributed by atoms with van der Waals surface area (Å²) in [6, 6.07) is 0. The van der Waals surface area contributed by atoms with E-state index in [1.807, 2.05) is 0 Å². The third-order valence-electron chi connectivity index (χ3n) is 3.58. The number of carbonyl (C=O) groups excluding carboxylic acids is 4. The SMILES string of the molecule is CC(=O)OCC1O[C@@H](OCC=CCO)C(OC(C)=O)[C@@H](OC(C)=O)[C@@H]1OC(C)=O. The van der Waals surface area contributed by atoms with Gasteiger partial charge in [-0.3, -0.25) is 19.2 Å². The van der Waals surface area contributed by atoms with Gasteiger partial charge in [0.05, 0.1) is 13.2 Å². The topological polar surface area (TPSA) is 144 Å². The second-order valence-electron chi connectivity index (χ2n) is 6.05. The quantitative estimate of drug-likeness (QED) is 0.297. The normalized spacial score (nSPS) is 26.6. The highest BCUT2D eigenvalue weighted by molar-refractivity contribution is 5.68. The fourth-order valence-electron chi connectivity index (χ4n) is 2.62. The molecule has 1 saturated heterocycles. The molecule has 164 valence electrons. The van der Waals surface area contributed by atoms with Crippen molar-refractivity contribution < 1.29 is 52.7 Å². The lowest BCUT2D eigenvalue weighted by atomic mass is 9.98. The molecule has 1 rings (SSSR count). The summed E-state index contributed by atoms with van der Waals surface area (Å²) < 4.78 is 31.9. The van der Waals surface area contributed by atoms with Crippen LogP contribution in [0.1, 0.15) is 27.7 Å². The predicted molar refractivity (Wildman–Crippen MR) is 94.1 cm³/mol. The molecule has 0 aromatic rings. The molecule has 1 aliphatic heterocycles. The number of carbonyl (C=O) groups is 4. The van der Waals surface area contributed by atoms with Crippen LogP contribution in [0.25, 0.3) is 0 Å². The van der Waals surface area contributed by atoms with Gasteiger partial charge in [0.1, 0.15) is 12.7 Å². The second kappa shape index (κ2) is 12.1. The lowest BCUT2D eigenvalue weighted by Gasteiger charge is -2.43. The van der Waals surface area contributed by atoms with Gasteiger partial charge in [-0.25, -0.2) is 0 Å². The lowest BCUT2D eigenvalue weighted by Crippen LogP contribution is -2.62. The number of rotatable bonds is 9. The maximum atomic E-state index is 11.6. The van der Waals surface area contributed by atoms with Gasteiger partial charge in [-0.2, -0.15) is 0 Å². The van der Waals surface area contributed by atoms with Crippen LogP contribution >= 0.6 is 0 Å². The first kappa shape index (κ1) is 24.5. The van der Waals surface area contributed by atoms with Crippen molar-refractivity contribution in [3.8, 4) is 0 Å². The van der Waals surface area contributed by atoms with Gasteiger partial charge in [-0.1, -0.05) is 12.2 Å². The minimum Gasteiger partial charge on any atom is -0.463 e. The summed E-state index contributed by atoms with van der Waals surface area (Å²) in [7, 11) is 0. The highest BCUT2D eigenvalue weighted by Crippen LogP contribution is 2.29. The molecule has 0 radical (unpaired) electrons. The van der Waals surface area contributed by atoms with E-state index < -0.39 is 54.6 Å². The number of ether oxygens (including phenoxy) is 6. The molecule has 1 aliphatic rings. The molecule has 0 aromatic carbocycles. The van der Waals surface area contributed by atoms with Gasteiger partial charge >= 0.3 is 23.9 Å². The Hall–Kier alpha value is -2.50. The van der Waals surface area contributed by atoms with Crippen LogP contribution in [-0.2, 0) is 47.6 Å². The van der Waals surface area contributed by atoms with Crippen LogP contribution in [0.15, 0.2) is 12.2 Å². The van der Waals surface area contributed by atoms with Crippen LogP contribution in [0, 0.1) is 0 Å². The Morgan fingerprint density at radius 1 is 0.828 bits per heavy atom. The summed E-state index contributed by atoms with van der Waals surface area (Å²) in [5.74, 6) is -2.76. The van der Waals surface area contributed by atoms with Gasteiger partial charge in [0.2, 0.25) is 0 Å². The van der Waals surface area contributed by atoms with Crippen LogP contribution in [0.5, 0.6) is 0 Å². The fourth-order valence-corrected chi connectivity index (χ4v) is 2.62. The molecule has 0 spiro atoms. The van der Waals surface area contributed by atoms with Crippen LogP contribution < -0.4 is 0 Å². The fraction of sp³-hybridized carbons (Fsp3) is 0.667. The van der Waals surface area contributed by atoms with E-state index in [1.165, 1.54) is 19.1 Å². The number of aliphatic hydroxyl groups excluding tert-OH is 1. The molecule has 1 heterocycles. The lowest BCUT2D eigenvalue weighted by molar-refractivity contribution is -0.306. The van der Waals surface area contributed by atoms with Crippen LogP contribution in [0.3, 0.4) is 0 Å². The largest absolute Gasteiger partial charge is 0.463 e. The average Bonchev–Trinajstić information content (AvgIpc) is 2.60. The molecular weight excluding hydrogens is 392 g/mol. The third kappa shape index (κ3) is 8.59. The van der Waals surface area contributed by atoms with E-state index in [4.69, 9.17) is 33.5 Å². The van der Waals surface area contributed by atoms with Crippen LogP contribution in [0.4, 0.5) is 0 Å². The van der Waals surface area contributed by atoms with Gasteiger partial charge in [-0.15, -0.1) is 0 Å². The van der Waals surface area contributed by atoms with E-state index in [0.717, 1.165) is 20.8 Å². The zero-order valence-corrected chi connectivity index (χ0v) is 16.7. The Morgan fingerprint density at radius 3 is 1.90 bits per heavy atom. The monoisotopic (exact) mass is 418 g/mol. The molecule has 2 unspecified atom stereocenters. The van der Waals surface area contributed by atoms with Crippen molar-refractivity contribution in [2.45, 2.75) is 58.4 Å². The van der Waals surface area contributed by atoms with E-state index in [0.29, 0.717) is 0 Å². The first-order valence-corrected chi connectivity index (χ1v) is 8.83. The number of aliphatic hydroxyl groups is 1. The Bertz CT molecular complexity index is 615. The van der Waals surface area contributed by atoms with E-state index in [-0.39, 0.29) is 19.8 Å². The van der Waals surface area contributed by atoms with Crippen molar-refractivity contribution in [2.75, 3.05) is 19.8 Å². The molecule has 5 atom stereocenters. The van der Waals surface area contributed by atoms with Gasteiger partial charge in [0.15, 0.2) is 24.6 Å². The van der Waals surface area contributed by atoms with Crippen molar-refractivity contribution in [3.05, 3.63) is 12.2 Å². The molecule has 0 bridgehead atoms. The molecule has 11 nitrogen and oxygen atoms in total. The molecule has 0 amide bonds. The summed E-state index contributed by atoms with van der Waals surface area (Å²) in [5, 5.41) is 8.80. The molecular formula is C18H26O11. The minimum absolute atomic E-state index is 0.0334. The average molecular weight is 418 g/mol. The summed E-state index contributed by atoms with van der Waals surface area (Å²) in [5.41, 5.74) is 0. The molecule has 0 saturated carbocycles. The molecule has 0 aliphatic carbocycles. The van der Waals surface area contributed by atoms with Gasteiger partial charge in [0.25, 0.3) is 0 Å². The van der Waals surface area contributed by atoms with Crippen molar-refractivity contribution in [1.29, 1.82) is 0 Å². The van der Waals surface area contributed by atoms with Crippen molar-refractivity contribution >= 4 is 23.9 Å². The molecule has 1 fully saturated rings. The van der Waals surface area contributed by atoms with Crippen LogP contribution in [0.2, 0.25) is 0 Å². The standard InChI is InChI=1S/C18H26O11/c1-10(20)25-9-14-15(26-11(2)21)16(27-12(3)22)17(28-13(4)23)18(29-14)24-8-6-5-7-19/h5-6,14-19H,7-9H2,1-4H3/t14?,15-,16+,17?,18-/m1/s1. The molecule has 29 heavy (non-hydrogen) atoms. The smallest absolute Gasteiger partial charge is 0.303 e. The summed E-state index contributed by atoms with van der Waals surface area (Å²) in [6.45, 7) is 4.02. The third-order valence-corrected chi connectivity index (χ3v) is 3.58. The second-order valence-corrected chi connectivity index (χ2v) is 6.05. The van der Waals surface area contributed by atoms with Crippen LogP contribution in [-0.4, -0.2) is 79.5 Å². The highest BCUT2D eigenvalue weighted by Gasteiger charge is 2.52.